The molecule has 21 heavy (non-hydrogen) atoms. The third kappa shape index (κ3) is 3.84. The summed E-state index contributed by atoms with van der Waals surface area (Å²) in [5.41, 5.74) is -0.0909. The van der Waals surface area contributed by atoms with Crippen molar-refractivity contribution in [2.24, 2.45) is 0 Å². The van der Waals surface area contributed by atoms with Crippen LogP contribution in [-0.2, 0) is 10.0 Å². The van der Waals surface area contributed by atoms with Crippen molar-refractivity contribution in [1.29, 1.82) is 0 Å². The minimum absolute atomic E-state index is 0.0909. The van der Waals surface area contributed by atoms with Crippen molar-refractivity contribution in [2.75, 3.05) is 4.72 Å². The van der Waals surface area contributed by atoms with Gasteiger partial charge in [-0.1, -0.05) is 23.2 Å². The first-order valence-electron chi connectivity index (χ1n) is 5.46. The number of carboxylic acid groups (broad SMARTS) is 1. The predicted molar refractivity (Wildman–Crippen MR) is 78.5 cm³/mol. The number of anilines is 1. The largest absolute Gasteiger partial charge is 0.478 e. The van der Waals surface area contributed by atoms with Crippen LogP contribution in [0.25, 0.3) is 0 Å². The van der Waals surface area contributed by atoms with E-state index >= 15 is 0 Å². The van der Waals surface area contributed by atoms with Crippen LogP contribution >= 0.6 is 23.2 Å². The Labute approximate surface area is 130 Å². The Kier molecular flexibility index (Phi) is 4.36. The van der Waals surface area contributed by atoms with Crippen molar-refractivity contribution in [3.63, 3.8) is 0 Å². The van der Waals surface area contributed by atoms with Crippen LogP contribution in [0.3, 0.4) is 0 Å². The number of sulfonamides is 1. The molecule has 0 unspecified atom stereocenters. The molecule has 0 aliphatic carbocycles. The zero-order valence-electron chi connectivity index (χ0n) is 10.2. The normalized spacial score (nSPS) is 11.1. The van der Waals surface area contributed by atoms with Gasteiger partial charge >= 0.3 is 5.97 Å². The molecule has 0 fully saturated rings. The molecule has 9 heteroatoms. The SMILES string of the molecule is O=C(O)c1ccnc(NS(=O)(=O)c2cc(Cl)cc(Cl)c2)c1. The van der Waals surface area contributed by atoms with Crippen LogP contribution in [0.4, 0.5) is 5.82 Å². The molecule has 2 rings (SSSR count). The maximum absolute atomic E-state index is 12.2. The predicted octanol–water partition coefficient (Wildman–Crippen LogP) is 2.89. The summed E-state index contributed by atoms with van der Waals surface area (Å²) in [6, 6.07) is 6.18. The van der Waals surface area contributed by atoms with Crippen molar-refractivity contribution < 1.29 is 18.3 Å². The quantitative estimate of drug-likeness (QED) is 0.887. The van der Waals surface area contributed by atoms with Crippen molar-refractivity contribution >= 4 is 45.0 Å². The summed E-state index contributed by atoms with van der Waals surface area (Å²) in [6.07, 6.45) is 1.19. The Morgan fingerprint density at radius 3 is 2.33 bits per heavy atom. The molecule has 1 aromatic carbocycles. The molecule has 1 heterocycles. The Morgan fingerprint density at radius 2 is 1.76 bits per heavy atom. The second-order valence-corrected chi connectivity index (χ2v) is 6.50. The molecule has 0 aliphatic heterocycles. The van der Waals surface area contributed by atoms with E-state index in [2.05, 4.69) is 9.71 Å². The number of nitrogens with zero attached hydrogens (tertiary/aromatic N) is 1. The number of rotatable bonds is 4. The fourth-order valence-electron chi connectivity index (χ4n) is 1.50. The number of carboxylic acids is 1. The third-order valence-corrected chi connectivity index (χ3v) is 4.16. The number of nitrogens with one attached hydrogen (secondary N) is 1. The smallest absolute Gasteiger partial charge is 0.335 e. The van der Waals surface area contributed by atoms with E-state index in [4.69, 9.17) is 28.3 Å². The Morgan fingerprint density at radius 1 is 1.14 bits per heavy atom. The van der Waals surface area contributed by atoms with Crippen LogP contribution in [0.2, 0.25) is 10.0 Å². The van der Waals surface area contributed by atoms with Crippen molar-refractivity contribution in [2.45, 2.75) is 4.90 Å². The molecule has 0 spiro atoms. The highest BCUT2D eigenvalue weighted by molar-refractivity contribution is 7.92. The lowest BCUT2D eigenvalue weighted by atomic mass is 10.3. The first kappa shape index (κ1) is 15.6. The van der Waals surface area contributed by atoms with Crippen LogP contribution in [0.5, 0.6) is 0 Å². The lowest BCUT2D eigenvalue weighted by Gasteiger charge is -2.08. The van der Waals surface area contributed by atoms with Gasteiger partial charge in [-0.05, 0) is 30.3 Å². The molecular formula is C12H8Cl2N2O4S. The number of hydrogen-bond acceptors (Lipinski definition) is 4. The molecule has 110 valence electrons. The minimum Gasteiger partial charge on any atom is -0.478 e. The summed E-state index contributed by atoms with van der Waals surface area (Å²) in [5, 5.41) is 9.18. The summed E-state index contributed by atoms with van der Waals surface area (Å²) in [7, 11) is -3.98. The zero-order chi connectivity index (χ0) is 15.6. The molecule has 0 saturated carbocycles. The van der Waals surface area contributed by atoms with E-state index in [0.717, 1.165) is 6.07 Å². The number of pyridine rings is 1. The average molecular weight is 347 g/mol. The van der Waals surface area contributed by atoms with Gasteiger partial charge in [0, 0.05) is 16.2 Å². The molecule has 0 saturated heterocycles. The zero-order valence-corrected chi connectivity index (χ0v) is 12.6. The van der Waals surface area contributed by atoms with Gasteiger partial charge in [0.2, 0.25) is 0 Å². The molecule has 0 aliphatic rings. The van der Waals surface area contributed by atoms with Gasteiger partial charge < -0.3 is 5.11 Å². The molecule has 1 aromatic heterocycles. The van der Waals surface area contributed by atoms with Crippen LogP contribution < -0.4 is 4.72 Å². The lowest BCUT2D eigenvalue weighted by Crippen LogP contribution is -2.14. The maximum atomic E-state index is 12.2. The van der Waals surface area contributed by atoms with Crippen molar-refractivity contribution in [3.8, 4) is 0 Å². The molecule has 0 atom stereocenters. The highest BCUT2D eigenvalue weighted by Crippen LogP contribution is 2.23. The minimum atomic E-state index is -3.98. The number of halogens is 2. The van der Waals surface area contributed by atoms with Crippen LogP contribution in [0.15, 0.2) is 41.4 Å². The fourth-order valence-corrected chi connectivity index (χ4v) is 3.22. The second-order valence-electron chi connectivity index (χ2n) is 3.95. The van der Waals surface area contributed by atoms with Crippen LogP contribution in [0, 0.1) is 0 Å². The van der Waals surface area contributed by atoms with E-state index in [1.165, 1.54) is 30.5 Å². The summed E-state index contributed by atoms with van der Waals surface area (Å²) < 4.78 is 26.5. The highest BCUT2D eigenvalue weighted by Gasteiger charge is 2.17. The molecule has 2 aromatic rings. The number of aromatic nitrogens is 1. The first-order chi connectivity index (χ1) is 9.78. The van der Waals surface area contributed by atoms with Crippen LogP contribution in [-0.4, -0.2) is 24.5 Å². The molecule has 0 amide bonds. The fraction of sp³-hybridized carbons (Fsp3) is 0. The Bertz CT molecular complexity index is 788. The van der Waals surface area contributed by atoms with E-state index in [1.54, 1.807) is 0 Å². The van der Waals surface area contributed by atoms with E-state index in [0.29, 0.717) is 0 Å². The molecular weight excluding hydrogens is 339 g/mol. The van der Waals surface area contributed by atoms with Gasteiger partial charge in [-0.15, -0.1) is 0 Å². The first-order valence-corrected chi connectivity index (χ1v) is 7.70. The van der Waals surface area contributed by atoms with E-state index in [-0.39, 0.29) is 26.3 Å². The standard InChI is InChI=1S/C12H8Cl2N2O4S/c13-8-4-9(14)6-10(5-8)21(19,20)16-11-3-7(12(17)18)1-2-15-11/h1-6H,(H,15,16)(H,17,18). The maximum Gasteiger partial charge on any atom is 0.335 e. The van der Waals surface area contributed by atoms with Gasteiger partial charge in [0.25, 0.3) is 10.0 Å². The topological polar surface area (TPSA) is 96.4 Å². The van der Waals surface area contributed by atoms with E-state index in [1.807, 2.05) is 0 Å². The second kappa shape index (κ2) is 5.88. The van der Waals surface area contributed by atoms with Gasteiger partial charge in [-0.3, -0.25) is 4.72 Å². The monoisotopic (exact) mass is 346 g/mol. The molecule has 0 radical (unpaired) electrons. The molecule has 6 nitrogen and oxygen atoms in total. The average Bonchev–Trinajstić information content (AvgIpc) is 2.37. The molecule has 0 bridgehead atoms. The molecule has 2 N–H and O–H groups in total. The number of aromatic carboxylic acids is 1. The van der Waals surface area contributed by atoms with Gasteiger partial charge in [-0.2, -0.15) is 0 Å². The van der Waals surface area contributed by atoms with Gasteiger partial charge in [0.1, 0.15) is 5.82 Å². The van der Waals surface area contributed by atoms with Crippen LogP contribution in [0.1, 0.15) is 10.4 Å². The lowest BCUT2D eigenvalue weighted by molar-refractivity contribution is 0.0697. The number of hydrogen-bond donors (Lipinski definition) is 2. The highest BCUT2D eigenvalue weighted by atomic mass is 35.5. The number of carbonyl (C=O) groups is 1. The Hall–Kier alpha value is -1.83. The summed E-state index contributed by atoms with van der Waals surface area (Å²) >= 11 is 11.5. The van der Waals surface area contributed by atoms with Crippen molar-refractivity contribution in [1.82, 2.24) is 4.98 Å². The van der Waals surface area contributed by atoms with Gasteiger partial charge in [-0.25, -0.2) is 18.2 Å². The number of benzene rings is 1. The van der Waals surface area contributed by atoms with E-state index < -0.39 is 16.0 Å². The van der Waals surface area contributed by atoms with Gasteiger partial charge in [0.15, 0.2) is 0 Å². The van der Waals surface area contributed by atoms with Crippen molar-refractivity contribution in [3.05, 3.63) is 52.1 Å². The van der Waals surface area contributed by atoms with Gasteiger partial charge in [0.05, 0.1) is 10.5 Å². The summed E-state index contributed by atoms with van der Waals surface area (Å²) in [6.45, 7) is 0. The summed E-state index contributed by atoms with van der Waals surface area (Å²) in [4.78, 5) is 14.4. The van der Waals surface area contributed by atoms with E-state index in [9.17, 15) is 13.2 Å². The third-order valence-electron chi connectivity index (χ3n) is 2.39. The summed E-state index contributed by atoms with van der Waals surface area (Å²) in [5.74, 6) is -1.31. The Balaban J connectivity index is 2.37.